The molecule has 2 heteroatoms. The zero-order valence-corrected chi connectivity index (χ0v) is 31.7. The lowest BCUT2D eigenvalue weighted by molar-refractivity contribution is 1.18. The highest BCUT2D eigenvalue weighted by molar-refractivity contribution is 6.34. The quantitative estimate of drug-likeness (QED) is 0.154. The van der Waals surface area contributed by atoms with Gasteiger partial charge in [0, 0.05) is 33.5 Å². The minimum atomic E-state index is 1.12. The molecule has 11 aromatic carbocycles. The molecule has 0 amide bonds. The average molecular weight is 737 g/mol. The number of hydrogen-bond donors (Lipinski definition) is 0. The Morgan fingerprint density at radius 2 is 0.862 bits per heavy atom. The van der Waals surface area contributed by atoms with E-state index < -0.39 is 0 Å². The van der Waals surface area contributed by atoms with Crippen LogP contribution in [-0.4, -0.2) is 4.57 Å². The van der Waals surface area contributed by atoms with Crippen LogP contribution in [0.15, 0.2) is 218 Å². The van der Waals surface area contributed by atoms with Crippen LogP contribution in [0, 0.1) is 0 Å². The lowest BCUT2D eigenvalue weighted by Crippen LogP contribution is -2.09. The first kappa shape index (κ1) is 32.6. The van der Waals surface area contributed by atoms with Crippen molar-refractivity contribution < 1.29 is 0 Å². The van der Waals surface area contributed by atoms with Crippen LogP contribution in [-0.2, 0) is 0 Å². The molecule has 1 heterocycles. The maximum atomic E-state index is 2.42. The summed E-state index contributed by atoms with van der Waals surface area (Å²) in [5, 5.41) is 12.9. The summed E-state index contributed by atoms with van der Waals surface area (Å²) in [6.07, 6.45) is 0. The Morgan fingerprint density at radius 1 is 0.293 bits per heavy atom. The van der Waals surface area contributed by atoms with E-state index in [4.69, 9.17) is 0 Å². The molecule has 0 aliphatic rings. The molecule has 2 nitrogen and oxygen atoms in total. The SMILES string of the molecule is c1ccc(N(c2ccc(-c3ccc(-c4ccc5ccc6c7c(ccc4c57)cc4c6c5ccccc5n4-c4ccccc4)cc3)cc2)c2ccc3ccccc3c2)cc1. The molecule has 0 aliphatic carbocycles. The Kier molecular flexibility index (Phi) is 7.26. The van der Waals surface area contributed by atoms with Gasteiger partial charge >= 0.3 is 0 Å². The molecule has 1 aromatic heterocycles. The molecule has 0 unspecified atom stereocenters. The van der Waals surface area contributed by atoms with Gasteiger partial charge in [0.05, 0.1) is 11.0 Å². The molecule has 0 radical (unpaired) electrons. The Morgan fingerprint density at radius 3 is 1.67 bits per heavy atom. The van der Waals surface area contributed by atoms with Crippen molar-refractivity contribution in [1.29, 1.82) is 0 Å². The molecule has 12 rings (SSSR count). The number of hydrogen-bond acceptors (Lipinski definition) is 1. The molecule has 0 saturated heterocycles. The molecular weight excluding hydrogens is 701 g/mol. The van der Waals surface area contributed by atoms with Gasteiger partial charge in [0.1, 0.15) is 0 Å². The van der Waals surface area contributed by atoms with E-state index in [0.29, 0.717) is 0 Å². The van der Waals surface area contributed by atoms with Gasteiger partial charge in [-0.05, 0) is 126 Å². The van der Waals surface area contributed by atoms with Crippen molar-refractivity contribution in [2.45, 2.75) is 0 Å². The van der Waals surface area contributed by atoms with Crippen LogP contribution >= 0.6 is 0 Å². The summed E-state index contributed by atoms with van der Waals surface area (Å²) < 4.78 is 2.42. The van der Waals surface area contributed by atoms with Crippen molar-refractivity contribution in [3.05, 3.63) is 218 Å². The van der Waals surface area contributed by atoms with E-state index >= 15 is 0 Å². The van der Waals surface area contributed by atoms with Gasteiger partial charge < -0.3 is 9.47 Å². The van der Waals surface area contributed by atoms with Gasteiger partial charge in [0.2, 0.25) is 0 Å². The van der Waals surface area contributed by atoms with Crippen LogP contribution in [0.1, 0.15) is 0 Å². The Hall–Kier alpha value is -7.68. The van der Waals surface area contributed by atoms with Gasteiger partial charge in [-0.2, -0.15) is 0 Å². The molecule has 0 spiro atoms. The van der Waals surface area contributed by atoms with Gasteiger partial charge in [-0.1, -0.05) is 158 Å². The third-order valence-corrected chi connectivity index (χ3v) is 12.1. The summed E-state index contributed by atoms with van der Waals surface area (Å²) >= 11 is 0. The topological polar surface area (TPSA) is 8.17 Å². The Balaban J connectivity index is 0.933. The third-order valence-electron chi connectivity index (χ3n) is 12.1. The van der Waals surface area contributed by atoms with Gasteiger partial charge in [-0.3, -0.25) is 0 Å². The summed E-state index contributed by atoms with van der Waals surface area (Å²) in [5.74, 6) is 0. The molecular formula is C56H36N2. The largest absolute Gasteiger partial charge is 0.310 e. The van der Waals surface area contributed by atoms with E-state index in [1.807, 2.05) is 0 Å². The summed E-state index contributed by atoms with van der Waals surface area (Å²) in [6, 6.07) is 79.8. The predicted octanol–water partition coefficient (Wildman–Crippen LogP) is 15.6. The number of fused-ring (bicyclic) bond motifs is 5. The predicted molar refractivity (Wildman–Crippen MR) is 248 cm³/mol. The summed E-state index contributed by atoms with van der Waals surface area (Å²) in [5.41, 5.74) is 11.9. The van der Waals surface area contributed by atoms with Crippen LogP contribution in [0.2, 0.25) is 0 Å². The van der Waals surface area contributed by atoms with E-state index in [1.165, 1.54) is 92.8 Å². The van der Waals surface area contributed by atoms with Crippen molar-refractivity contribution >= 4 is 82.0 Å². The van der Waals surface area contributed by atoms with Gasteiger partial charge in [-0.25, -0.2) is 0 Å². The van der Waals surface area contributed by atoms with E-state index in [1.54, 1.807) is 0 Å². The lowest BCUT2D eigenvalue weighted by atomic mass is 9.88. The minimum Gasteiger partial charge on any atom is -0.310 e. The van der Waals surface area contributed by atoms with E-state index in [0.717, 1.165) is 17.1 Å². The molecule has 0 bridgehead atoms. The molecule has 0 aliphatic heterocycles. The molecule has 0 atom stereocenters. The maximum Gasteiger partial charge on any atom is 0.0553 e. The fourth-order valence-corrected chi connectivity index (χ4v) is 9.42. The number of benzene rings is 11. The smallest absolute Gasteiger partial charge is 0.0553 e. The van der Waals surface area contributed by atoms with E-state index in [9.17, 15) is 0 Å². The van der Waals surface area contributed by atoms with Crippen LogP contribution < -0.4 is 4.90 Å². The van der Waals surface area contributed by atoms with E-state index in [-0.39, 0.29) is 0 Å². The standard InChI is InChI=1S/C56H36N2/c1-3-13-44(14-4-1)57(47-31-25-37-11-7-8-12-42(37)35-47)46-29-23-39(24-30-46)38-19-21-40(22-20-38)48-32-26-41-27-34-51-55-43(28-33-49(48)54(41)55)36-53-56(51)50-17-9-10-18-52(50)58(53)45-15-5-2-6-16-45/h1-36H. The lowest BCUT2D eigenvalue weighted by Gasteiger charge is -2.26. The number of rotatable bonds is 6. The number of anilines is 3. The molecule has 12 aromatic rings. The molecule has 0 saturated carbocycles. The van der Waals surface area contributed by atoms with Gasteiger partial charge in [0.25, 0.3) is 0 Å². The molecule has 58 heavy (non-hydrogen) atoms. The third kappa shape index (κ3) is 5.05. The maximum absolute atomic E-state index is 2.42. The zero-order valence-electron chi connectivity index (χ0n) is 31.7. The monoisotopic (exact) mass is 736 g/mol. The first-order chi connectivity index (χ1) is 28.8. The summed E-state index contributed by atoms with van der Waals surface area (Å²) in [7, 11) is 0. The highest BCUT2D eigenvalue weighted by Gasteiger charge is 2.20. The second-order valence-corrected chi connectivity index (χ2v) is 15.3. The van der Waals surface area contributed by atoms with E-state index in [2.05, 4.69) is 228 Å². The normalized spacial score (nSPS) is 11.8. The van der Waals surface area contributed by atoms with Crippen LogP contribution in [0.3, 0.4) is 0 Å². The first-order valence-corrected chi connectivity index (χ1v) is 20.0. The zero-order chi connectivity index (χ0) is 38.2. The fraction of sp³-hybridized carbons (Fsp3) is 0. The second-order valence-electron chi connectivity index (χ2n) is 15.3. The minimum absolute atomic E-state index is 1.12. The van der Waals surface area contributed by atoms with Crippen molar-refractivity contribution in [1.82, 2.24) is 4.57 Å². The molecule has 0 fully saturated rings. The average Bonchev–Trinajstić information content (AvgIpc) is 3.63. The summed E-state index contributed by atoms with van der Waals surface area (Å²) in [6.45, 7) is 0. The van der Waals surface area contributed by atoms with Crippen molar-refractivity contribution in [2.75, 3.05) is 4.90 Å². The number of para-hydroxylation sites is 3. The highest BCUT2D eigenvalue weighted by Crippen LogP contribution is 2.45. The van der Waals surface area contributed by atoms with Gasteiger partial charge in [0.15, 0.2) is 0 Å². The second kappa shape index (κ2) is 12.9. The Bertz CT molecular complexity index is 3470. The van der Waals surface area contributed by atoms with Crippen LogP contribution in [0.5, 0.6) is 0 Å². The highest BCUT2D eigenvalue weighted by atomic mass is 15.1. The van der Waals surface area contributed by atoms with Gasteiger partial charge in [-0.15, -0.1) is 0 Å². The summed E-state index contributed by atoms with van der Waals surface area (Å²) in [4.78, 5) is 2.33. The first-order valence-electron chi connectivity index (χ1n) is 20.0. The van der Waals surface area contributed by atoms with Crippen molar-refractivity contribution in [3.63, 3.8) is 0 Å². The molecule has 270 valence electrons. The molecule has 0 N–H and O–H groups in total. The number of aromatic nitrogens is 1. The van der Waals surface area contributed by atoms with Crippen LogP contribution in [0.25, 0.3) is 92.8 Å². The Labute approximate surface area is 336 Å². The van der Waals surface area contributed by atoms with Crippen molar-refractivity contribution in [3.8, 4) is 27.9 Å². The fourth-order valence-electron chi connectivity index (χ4n) is 9.42. The number of nitrogens with zero attached hydrogens (tertiary/aromatic N) is 2. The van der Waals surface area contributed by atoms with Crippen molar-refractivity contribution in [2.24, 2.45) is 0 Å². The van der Waals surface area contributed by atoms with Crippen LogP contribution in [0.4, 0.5) is 17.1 Å².